The van der Waals surface area contributed by atoms with E-state index in [1.165, 1.54) is 0 Å². The van der Waals surface area contributed by atoms with E-state index in [-0.39, 0.29) is 5.78 Å². The molecule has 4 nitrogen and oxygen atoms in total. The quantitative estimate of drug-likeness (QED) is 0.451. The summed E-state index contributed by atoms with van der Waals surface area (Å²) in [4.78, 5) is 30.1. The molecule has 1 atom stereocenters. The van der Waals surface area contributed by atoms with Crippen LogP contribution in [-0.2, 0) is 11.2 Å². The van der Waals surface area contributed by atoms with Crippen LogP contribution in [0.3, 0.4) is 0 Å². The lowest BCUT2D eigenvalue weighted by molar-refractivity contribution is 0.0320. The molecular weight excluding hydrogens is 362 g/mol. The van der Waals surface area contributed by atoms with Gasteiger partial charge in [-0.2, -0.15) is 0 Å². The molecule has 27 heavy (non-hydrogen) atoms. The van der Waals surface area contributed by atoms with Crippen molar-refractivity contribution in [2.24, 2.45) is 0 Å². The van der Waals surface area contributed by atoms with Crippen LogP contribution in [0.5, 0.6) is 0 Å². The summed E-state index contributed by atoms with van der Waals surface area (Å²) in [6.45, 7) is 5.43. The number of para-hydroxylation sites is 1. The van der Waals surface area contributed by atoms with E-state index in [1.807, 2.05) is 38.1 Å². The number of esters is 1. The first-order chi connectivity index (χ1) is 12.9. The second-order valence-electron chi connectivity index (χ2n) is 6.35. The largest absolute Gasteiger partial charge is 0.451 e. The number of aromatic nitrogens is 1. The number of ketones is 1. The Kier molecular flexibility index (Phi) is 5.57. The number of ether oxygens (including phenoxy) is 1. The molecule has 0 unspecified atom stereocenters. The Hall–Kier alpha value is -2.72. The molecule has 0 aliphatic heterocycles. The summed E-state index contributed by atoms with van der Waals surface area (Å²) < 4.78 is 5.52. The van der Waals surface area contributed by atoms with Crippen molar-refractivity contribution in [3.05, 3.63) is 75.9 Å². The Balaban J connectivity index is 1.93. The molecule has 0 aliphatic carbocycles. The number of carbonyl (C=O) groups excluding carboxylic acids is 2. The third kappa shape index (κ3) is 3.86. The van der Waals surface area contributed by atoms with Gasteiger partial charge in [0.2, 0.25) is 5.78 Å². The smallest absolute Gasteiger partial charge is 0.339 e. The van der Waals surface area contributed by atoms with E-state index in [2.05, 4.69) is 4.98 Å². The lowest BCUT2D eigenvalue weighted by Gasteiger charge is -2.16. The highest BCUT2D eigenvalue weighted by molar-refractivity contribution is 6.30. The van der Waals surface area contributed by atoms with Gasteiger partial charge in [-0.3, -0.25) is 9.78 Å². The molecule has 5 heteroatoms. The summed E-state index contributed by atoms with van der Waals surface area (Å²) in [5.74, 6) is -0.789. The van der Waals surface area contributed by atoms with Crippen LogP contribution in [0.25, 0.3) is 10.9 Å². The van der Waals surface area contributed by atoms with Crippen molar-refractivity contribution < 1.29 is 14.3 Å². The van der Waals surface area contributed by atoms with Crippen molar-refractivity contribution in [1.82, 2.24) is 4.98 Å². The number of rotatable bonds is 5. The summed E-state index contributed by atoms with van der Waals surface area (Å²) in [6, 6.07) is 14.0. The number of hydrogen-bond donors (Lipinski definition) is 0. The van der Waals surface area contributed by atoms with Crippen molar-refractivity contribution in [1.29, 1.82) is 0 Å². The van der Waals surface area contributed by atoms with Crippen molar-refractivity contribution in [3.63, 3.8) is 0 Å². The van der Waals surface area contributed by atoms with Gasteiger partial charge < -0.3 is 4.74 Å². The van der Waals surface area contributed by atoms with E-state index in [9.17, 15) is 9.59 Å². The van der Waals surface area contributed by atoms with E-state index >= 15 is 0 Å². The van der Waals surface area contributed by atoms with Gasteiger partial charge >= 0.3 is 5.97 Å². The maximum Gasteiger partial charge on any atom is 0.339 e. The average molecular weight is 382 g/mol. The Bertz CT molecular complexity index is 1010. The molecule has 0 N–H and O–H groups in total. The summed E-state index contributed by atoms with van der Waals surface area (Å²) in [5, 5.41) is 1.27. The van der Waals surface area contributed by atoms with Crippen LogP contribution >= 0.6 is 11.6 Å². The van der Waals surface area contributed by atoms with E-state index < -0.39 is 12.1 Å². The van der Waals surface area contributed by atoms with Crippen LogP contribution in [0.1, 0.15) is 45.8 Å². The zero-order chi connectivity index (χ0) is 19.6. The maximum absolute atomic E-state index is 12.9. The molecule has 3 rings (SSSR count). The summed E-state index contributed by atoms with van der Waals surface area (Å²) >= 11 is 5.86. The number of halogens is 1. The highest BCUT2D eigenvalue weighted by atomic mass is 35.5. The number of carbonyl (C=O) groups is 2. The van der Waals surface area contributed by atoms with Gasteiger partial charge in [0.25, 0.3) is 0 Å². The summed E-state index contributed by atoms with van der Waals surface area (Å²) in [7, 11) is 0. The monoisotopic (exact) mass is 381 g/mol. The van der Waals surface area contributed by atoms with Gasteiger partial charge in [0.1, 0.15) is 0 Å². The van der Waals surface area contributed by atoms with Gasteiger partial charge in [0, 0.05) is 21.7 Å². The number of Topliss-reactive ketones (excluding diaryl/α,β-unsaturated/α-hetero) is 1. The zero-order valence-corrected chi connectivity index (χ0v) is 16.2. The maximum atomic E-state index is 12.9. The summed E-state index contributed by atoms with van der Waals surface area (Å²) in [5.41, 5.74) is 3.28. The molecular formula is C22H20ClNO3. The number of pyridine rings is 1. The molecule has 0 spiro atoms. The molecule has 1 aromatic heterocycles. The molecule has 0 fully saturated rings. The van der Waals surface area contributed by atoms with Crippen molar-refractivity contribution in [3.8, 4) is 0 Å². The minimum Gasteiger partial charge on any atom is -0.451 e. The second kappa shape index (κ2) is 7.89. The number of aryl methyl sites for hydroxylation is 1. The average Bonchev–Trinajstić information content (AvgIpc) is 2.67. The Labute approximate surface area is 163 Å². The predicted octanol–water partition coefficient (Wildman–Crippen LogP) is 5.19. The predicted molar refractivity (Wildman–Crippen MR) is 107 cm³/mol. The molecule has 0 aliphatic rings. The molecule has 138 valence electrons. The zero-order valence-electron chi connectivity index (χ0n) is 15.5. The molecule has 0 amide bonds. The van der Waals surface area contributed by atoms with Gasteiger partial charge in [-0.05, 0) is 56.2 Å². The lowest BCUT2D eigenvalue weighted by atomic mass is 10.00. The molecule has 0 bridgehead atoms. The standard InChI is InChI=1S/C22H20ClNO3/c1-4-18-13(2)20(17-7-5-6-8-19(17)24-18)22(26)27-14(3)21(25)15-9-11-16(23)12-10-15/h5-12,14H,4H2,1-3H3/t14-/m0/s1. The molecule has 1 heterocycles. The van der Waals surface area contributed by atoms with Crippen LogP contribution in [-0.4, -0.2) is 22.8 Å². The number of hydrogen-bond acceptors (Lipinski definition) is 4. The molecule has 3 aromatic rings. The topological polar surface area (TPSA) is 56.3 Å². The van der Waals surface area contributed by atoms with Crippen LogP contribution in [0.15, 0.2) is 48.5 Å². The van der Waals surface area contributed by atoms with Crippen molar-refractivity contribution in [2.45, 2.75) is 33.3 Å². The first-order valence-electron chi connectivity index (χ1n) is 8.81. The van der Waals surface area contributed by atoms with Gasteiger partial charge in [-0.25, -0.2) is 4.79 Å². The van der Waals surface area contributed by atoms with Gasteiger partial charge in [0.15, 0.2) is 6.10 Å². The number of nitrogens with zero attached hydrogens (tertiary/aromatic N) is 1. The van der Waals surface area contributed by atoms with Crippen LogP contribution in [0, 0.1) is 6.92 Å². The SMILES string of the molecule is CCc1nc2ccccc2c(C(=O)O[C@@H](C)C(=O)c2ccc(Cl)cc2)c1C. The Morgan fingerprint density at radius 3 is 2.44 bits per heavy atom. The normalized spacial score (nSPS) is 12.0. The molecule has 0 radical (unpaired) electrons. The van der Waals surface area contributed by atoms with Crippen molar-refractivity contribution >= 4 is 34.3 Å². The fourth-order valence-electron chi connectivity index (χ4n) is 3.09. The van der Waals surface area contributed by atoms with Gasteiger partial charge in [-0.1, -0.05) is 36.7 Å². The molecule has 0 saturated carbocycles. The Morgan fingerprint density at radius 1 is 1.11 bits per heavy atom. The van der Waals surface area contributed by atoms with E-state index in [4.69, 9.17) is 16.3 Å². The number of fused-ring (bicyclic) bond motifs is 1. The highest BCUT2D eigenvalue weighted by Gasteiger charge is 2.24. The molecule has 2 aromatic carbocycles. The van der Waals surface area contributed by atoms with Crippen LogP contribution in [0.4, 0.5) is 0 Å². The van der Waals surface area contributed by atoms with Gasteiger partial charge in [-0.15, -0.1) is 0 Å². The second-order valence-corrected chi connectivity index (χ2v) is 6.78. The minimum absolute atomic E-state index is 0.272. The first kappa shape index (κ1) is 19.1. The van der Waals surface area contributed by atoms with E-state index in [0.717, 1.165) is 22.2 Å². The van der Waals surface area contributed by atoms with Crippen LogP contribution in [0.2, 0.25) is 5.02 Å². The fraction of sp³-hybridized carbons (Fsp3) is 0.227. The van der Waals surface area contributed by atoms with E-state index in [1.54, 1.807) is 31.2 Å². The van der Waals surface area contributed by atoms with E-state index in [0.29, 0.717) is 22.6 Å². The highest BCUT2D eigenvalue weighted by Crippen LogP contribution is 2.25. The summed E-state index contributed by atoms with van der Waals surface area (Å²) in [6.07, 6.45) is -0.203. The third-order valence-corrected chi connectivity index (χ3v) is 4.81. The fourth-order valence-corrected chi connectivity index (χ4v) is 3.21. The minimum atomic E-state index is -0.907. The molecule has 0 saturated heterocycles. The number of benzene rings is 2. The van der Waals surface area contributed by atoms with Gasteiger partial charge in [0.05, 0.1) is 11.1 Å². The lowest BCUT2D eigenvalue weighted by Crippen LogP contribution is -2.25. The first-order valence-corrected chi connectivity index (χ1v) is 9.19. The van der Waals surface area contributed by atoms with Crippen molar-refractivity contribution in [2.75, 3.05) is 0 Å². The van der Waals surface area contributed by atoms with Crippen LogP contribution < -0.4 is 0 Å². The third-order valence-electron chi connectivity index (χ3n) is 4.56. The Morgan fingerprint density at radius 2 is 1.78 bits per heavy atom.